The van der Waals surface area contributed by atoms with Gasteiger partial charge in [0, 0.05) is 38.7 Å². The third-order valence-electron chi connectivity index (χ3n) is 3.48. The molecule has 1 aliphatic rings. The number of nitrogens with zero attached hydrogens (tertiary/aromatic N) is 4. The molecule has 0 N–H and O–H groups in total. The summed E-state index contributed by atoms with van der Waals surface area (Å²) in [6, 6.07) is 3.11. The molecule has 1 aromatic heterocycles. The van der Waals surface area contributed by atoms with E-state index in [0.29, 0.717) is 38.5 Å². The first-order valence-electron chi connectivity index (χ1n) is 7.10. The molecule has 7 nitrogen and oxygen atoms in total. The van der Waals surface area contributed by atoms with Crippen molar-refractivity contribution in [1.29, 1.82) is 0 Å². The van der Waals surface area contributed by atoms with Crippen LogP contribution in [0.15, 0.2) is 18.3 Å². The topological polar surface area (TPSA) is 79.6 Å². The van der Waals surface area contributed by atoms with E-state index in [0.717, 1.165) is 5.82 Å². The third-order valence-corrected chi connectivity index (χ3v) is 3.48. The first-order chi connectivity index (χ1) is 9.97. The molecule has 1 aliphatic heterocycles. The molecular formula is C14H20N4O3. The molecule has 0 radical (unpaired) electrons. The summed E-state index contributed by atoms with van der Waals surface area (Å²) in [5, 5.41) is 10.6. The van der Waals surface area contributed by atoms with E-state index in [9.17, 15) is 14.9 Å². The van der Waals surface area contributed by atoms with Crippen molar-refractivity contribution in [3.8, 4) is 0 Å². The molecule has 0 spiro atoms. The van der Waals surface area contributed by atoms with Gasteiger partial charge in [-0.1, -0.05) is 13.8 Å². The number of hydrogen-bond acceptors (Lipinski definition) is 5. The molecule has 0 saturated carbocycles. The van der Waals surface area contributed by atoms with Crippen LogP contribution in [0.3, 0.4) is 0 Å². The molecule has 2 heterocycles. The molecule has 114 valence electrons. The maximum atomic E-state index is 12.0. The van der Waals surface area contributed by atoms with Crippen molar-refractivity contribution in [2.45, 2.75) is 20.3 Å². The minimum absolute atomic E-state index is 0.00972. The third kappa shape index (κ3) is 3.90. The van der Waals surface area contributed by atoms with Crippen molar-refractivity contribution in [2.75, 3.05) is 31.1 Å². The van der Waals surface area contributed by atoms with Crippen molar-refractivity contribution in [2.24, 2.45) is 5.92 Å². The molecule has 0 bridgehead atoms. The summed E-state index contributed by atoms with van der Waals surface area (Å²) in [5.41, 5.74) is -0.00972. The van der Waals surface area contributed by atoms with Gasteiger partial charge in [-0.05, 0) is 12.0 Å². The second-order valence-electron chi connectivity index (χ2n) is 5.60. The predicted molar refractivity (Wildman–Crippen MR) is 79.1 cm³/mol. The molecule has 21 heavy (non-hydrogen) atoms. The summed E-state index contributed by atoms with van der Waals surface area (Å²) in [4.78, 5) is 30.2. The normalized spacial score (nSPS) is 15.4. The van der Waals surface area contributed by atoms with E-state index >= 15 is 0 Å². The summed E-state index contributed by atoms with van der Waals surface area (Å²) in [6.45, 7) is 6.82. The zero-order valence-corrected chi connectivity index (χ0v) is 12.4. The van der Waals surface area contributed by atoms with Gasteiger partial charge in [0.05, 0.1) is 4.92 Å². The van der Waals surface area contributed by atoms with Gasteiger partial charge in [-0.3, -0.25) is 14.9 Å². The summed E-state index contributed by atoms with van der Waals surface area (Å²) in [7, 11) is 0. The Bertz CT molecular complexity index is 507. The van der Waals surface area contributed by atoms with E-state index in [-0.39, 0.29) is 11.6 Å². The van der Waals surface area contributed by atoms with Crippen molar-refractivity contribution >= 4 is 17.4 Å². The van der Waals surface area contributed by atoms with Gasteiger partial charge in [0.1, 0.15) is 12.0 Å². The number of nitro groups is 1. The number of carbonyl (C=O) groups excluding carboxylic acids is 1. The van der Waals surface area contributed by atoms with E-state index in [2.05, 4.69) is 4.98 Å². The Kier molecular flexibility index (Phi) is 4.72. The lowest BCUT2D eigenvalue weighted by Gasteiger charge is -2.35. The number of amides is 1. The van der Waals surface area contributed by atoms with Crippen molar-refractivity contribution in [3.05, 3.63) is 28.4 Å². The maximum absolute atomic E-state index is 12.0. The molecular weight excluding hydrogens is 272 g/mol. The Morgan fingerprint density at radius 2 is 2.00 bits per heavy atom. The van der Waals surface area contributed by atoms with E-state index in [1.54, 1.807) is 6.07 Å². The molecule has 2 rings (SSSR count). The Hall–Kier alpha value is -2.18. The maximum Gasteiger partial charge on any atom is 0.287 e. The van der Waals surface area contributed by atoms with Gasteiger partial charge in [-0.2, -0.15) is 0 Å². The predicted octanol–water partition coefficient (Wildman–Crippen LogP) is 1.68. The van der Waals surface area contributed by atoms with Crippen LogP contribution in [0.5, 0.6) is 0 Å². The Morgan fingerprint density at radius 3 is 2.48 bits per heavy atom. The molecule has 1 aromatic rings. The smallest absolute Gasteiger partial charge is 0.287 e. The van der Waals surface area contributed by atoms with Crippen LogP contribution < -0.4 is 4.90 Å². The van der Waals surface area contributed by atoms with Gasteiger partial charge in [-0.25, -0.2) is 4.98 Å². The SMILES string of the molecule is CC(C)CC(=O)N1CCN(c2ccc([N+](=O)[O-])cn2)CC1. The minimum atomic E-state index is -0.459. The fourth-order valence-corrected chi connectivity index (χ4v) is 2.34. The summed E-state index contributed by atoms with van der Waals surface area (Å²) in [6.07, 6.45) is 1.85. The summed E-state index contributed by atoms with van der Waals surface area (Å²) in [5.74, 6) is 1.28. The zero-order valence-electron chi connectivity index (χ0n) is 12.4. The van der Waals surface area contributed by atoms with Gasteiger partial charge >= 0.3 is 0 Å². The lowest BCUT2D eigenvalue weighted by molar-refractivity contribution is -0.385. The van der Waals surface area contributed by atoms with Crippen LogP contribution in [0, 0.1) is 16.0 Å². The van der Waals surface area contributed by atoms with E-state index in [1.807, 2.05) is 23.6 Å². The highest BCUT2D eigenvalue weighted by Gasteiger charge is 2.22. The lowest BCUT2D eigenvalue weighted by atomic mass is 10.1. The van der Waals surface area contributed by atoms with Gasteiger partial charge in [0.15, 0.2) is 0 Å². The second kappa shape index (κ2) is 6.51. The second-order valence-corrected chi connectivity index (χ2v) is 5.60. The fraction of sp³-hybridized carbons (Fsp3) is 0.571. The molecule has 1 amide bonds. The van der Waals surface area contributed by atoms with Gasteiger partial charge in [0.25, 0.3) is 5.69 Å². The molecule has 1 fully saturated rings. The Balaban J connectivity index is 1.91. The number of aromatic nitrogens is 1. The molecule has 0 aromatic carbocycles. The number of anilines is 1. The van der Waals surface area contributed by atoms with Crippen molar-refractivity contribution < 1.29 is 9.72 Å². The number of hydrogen-bond donors (Lipinski definition) is 0. The molecule has 0 unspecified atom stereocenters. The van der Waals surface area contributed by atoms with E-state index in [1.165, 1.54) is 12.3 Å². The first-order valence-corrected chi connectivity index (χ1v) is 7.10. The van der Waals surface area contributed by atoms with Crippen molar-refractivity contribution in [1.82, 2.24) is 9.88 Å². The van der Waals surface area contributed by atoms with Crippen LogP contribution in [0.1, 0.15) is 20.3 Å². The quantitative estimate of drug-likeness (QED) is 0.623. The van der Waals surface area contributed by atoms with Crippen LogP contribution in [0.25, 0.3) is 0 Å². The highest BCUT2D eigenvalue weighted by molar-refractivity contribution is 5.76. The van der Waals surface area contributed by atoms with Crippen LogP contribution in [0.4, 0.5) is 11.5 Å². The highest BCUT2D eigenvalue weighted by atomic mass is 16.6. The van der Waals surface area contributed by atoms with Crippen LogP contribution >= 0.6 is 0 Å². The highest BCUT2D eigenvalue weighted by Crippen LogP contribution is 2.18. The Morgan fingerprint density at radius 1 is 1.33 bits per heavy atom. The Labute approximate surface area is 123 Å². The zero-order chi connectivity index (χ0) is 15.4. The van der Waals surface area contributed by atoms with Gasteiger partial charge in [-0.15, -0.1) is 0 Å². The van der Waals surface area contributed by atoms with Crippen molar-refractivity contribution in [3.63, 3.8) is 0 Å². The number of piperazine rings is 1. The molecule has 1 saturated heterocycles. The average molecular weight is 292 g/mol. The summed E-state index contributed by atoms with van der Waals surface area (Å²) >= 11 is 0. The first kappa shape index (κ1) is 15.2. The van der Waals surface area contributed by atoms with Crippen LogP contribution in [0.2, 0.25) is 0 Å². The van der Waals surface area contributed by atoms with Crippen LogP contribution in [-0.2, 0) is 4.79 Å². The van der Waals surface area contributed by atoms with Gasteiger partial charge < -0.3 is 9.80 Å². The number of pyridine rings is 1. The molecule has 0 atom stereocenters. The van der Waals surface area contributed by atoms with Gasteiger partial charge in [0.2, 0.25) is 5.91 Å². The fourth-order valence-electron chi connectivity index (χ4n) is 2.34. The number of rotatable bonds is 4. The van der Waals surface area contributed by atoms with E-state index in [4.69, 9.17) is 0 Å². The number of carbonyl (C=O) groups is 1. The summed E-state index contributed by atoms with van der Waals surface area (Å²) < 4.78 is 0. The monoisotopic (exact) mass is 292 g/mol. The molecule has 7 heteroatoms. The molecule has 0 aliphatic carbocycles. The minimum Gasteiger partial charge on any atom is -0.353 e. The lowest BCUT2D eigenvalue weighted by Crippen LogP contribution is -2.49. The standard InChI is InChI=1S/C14H20N4O3/c1-11(2)9-14(19)17-7-5-16(6-8-17)13-4-3-12(10-15-13)18(20)21/h3-4,10-11H,5-9H2,1-2H3. The van der Waals surface area contributed by atoms with E-state index < -0.39 is 4.92 Å². The average Bonchev–Trinajstić information content (AvgIpc) is 2.47. The van der Waals surface area contributed by atoms with Crippen LogP contribution in [-0.4, -0.2) is 46.9 Å². The largest absolute Gasteiger partial charge is 0.353 e.